The van der Waals surface area contributed by atoms with Crippen LogP contribution in [-0.4, -0.2) is 32.7 Å². The topological polar surface area (TPSA) is 66.5 Å². The molecule has 1 N–H and O–H groups in total. The number of hydrogen-bond acceptors (Lipinski definition) is 3. The van der Waals surface area contributed by atoms with Crippen molar-refractivity contribution in [3.8, 4) is 0 Å². The molecule has 0 aliphatic heterocycles. The van der Waals surface area contributed by atoms with Crippen LogP contribution in [-0.2, 0) is 10.0 Å². The highest BCUT2D eigenvalue weighted by Crippen LogP contribution is 2.25. The predicted octanol–water partition coefficient (Wildman–Crippen LogP) is 3.15. The molecule has 0 aromatic heterocycles. The van der Waals surface area contributed by atoms with Crippen molar-refractivity contribution in [2.45, 2.75) is 11.8 Å². The van der Waals surface area contributed by atoms with Crippen molar-refractivity contribution < 1.29 is 13.2 Å². The molecule has 0 atom stereocenters. The zero-order chi connectivity index (χ0) is 17.2. The van der Waals surface area contributed by atoms with Gasteiger partial charge in [0.2, 0.25) is 10.0 Å². The van der Waals surface area contributed by atoms with Crippen LogP contribution in [0.3, 0.4) is 0 Å². The standard InChI is InChI=1S/C16H17ClN2O3S/c1-11-4-7-13(8-5-11)18-16(20)12-6-9-14(17)15(10-12)23(21,22)19(2)3/h4-10H,1-3H3,(H,18,20). The molecule has 5 nitrogen and oxygen atoms in total. The van der Waals surface area contributed by atoms with Gasteiger partial charge in [0.1, 0.15) is 4.90 Å². The van der Waals surface area contributed by atoms with Crippen molar-refractivity contribution in [3.05, 3.63) is 58.6 Å². The van der Waals surface area contributed by atoms with Gasteiger partial charge in [-0.25, -0.2) is 12.7 Å². The second kappa shape index (κ2) is 6.70. The van der Waals surface area contributed by atoms with Gasteiger partial charge in [0.05, 0.1) is 5.02 Å². The van der Waals surface area contributed by atoms with Gasteiger partial charge in [0.15, 0.2) is 0 Å². The minimum atomic E-state index is -3.72. The number of halogens is 1. The molecule has 0 unspecified atom stereocenters. The molecule has 1 amide bonds. The van der Waals surface area contributed by atoms with Crippen molar-refractivity contribution in [2.75, 3.05) is 19.4 Å². The largest absolute Gasteiger partial charge is 0.322 e. The summed E-state index contributed by atoms with van der Waals surface area (Å²) < 4.78 is 25.5. The average molecular weight is 353 g/mol. The quantitative estimate of drug-likeness (QED) is 0.919. The molecule has 7 heteroatoms. The van der Waals surface area contributed by atoms with E-state index in [1.54, 1.807) is 12.1 Å². The third-order valence-electron chi connectivity index (χ3n) is 3.26. The molecule has 0 saturated heterocycles. The van der Waals surface area contributed by atoms with Gasteiger partial charge in [0.25, 0.3) is 5.91 Å². The molecule has 0 saturated carbocycles. The van der Waals surface area contributed by atoms with Gasteiger partial charge >= 0.3 is 0 Å². The molecule has 2 rings (SSSR count). The highest BCUT2D eigenvalue weighted by molar-refractivity contribution is 7.89. The molecule has 23 heavy (non-hydrogen) atoms. The highest BCUT2D eigenvalue weighted by atomic mass is 35.5. The summed E-state index contributed by atoms with van der Waals surface area (Å²) in [6.45, 7) is 1.95. The van der Waals surface area contributed by atoms with Crippen LogP contribution in [0.15, 0.2) is 47.4 Å². The summed E-state index contributed by atoms with van der Waals surface area (Å²) in [4.78, 5) is 12.2. The first kappa shape index (κ1) is 17.5. The lowest BCUT2D eigenvalue weighted by molar-refractivity contribution is 0.102. The zero-order valence-electron chi connectivity index (χ0n) is 13.0. The lowest BCUT2D eigenvalue weighted by Gasteiger charge is -2.14. The maximum atomic E-state index is 12.3. The number of amides is 1. The smallest absolute Gasteiger partial charge is 0.255 e. The molecular weight excluding hydrogens is 336 g/mol. The third-order valence-corrected chi connectivity index (χ3v) is 5.56. The van der Waals surface area contributed by atoms with Gasteiger partial charge in [-0.2, -0.15) is 0 Å². The molecule has 0 radical (unpaired) electrons. The molecule has 0 spiro atoms. The van der Waals surface area contributed by atoms with Crippen LogP contribution in [0.25, 0.3) is 0 Å². The number of carbonyl (C=O) groups excluding carboxylic acids is 1. The van der Waals surface area contributed by atoms with E-state index in [1.165, 1.54) is 32.3 Å². The fourth-order valence-electron chi connectivity index (χ4n) is 1.88. The van der Waals surface area contributed by atoms with E-state index < -0.39 is 15.9 Å². The third kappa shape index (κ3) is 3.90. The van der Waals surface area contributed by atoms with Crippen molar-refractivity contribution in [1.29, 1.82) is 0 Å². The first-order valence-electron chi connectivity index (χ1n) is 6.82. The number of rotatable bonds is 4. The van der Waals surface area contributed by atoms with Crippen molar-refractivity contribution in [3.63, 3.8) is 0 Å². The van der Waals surface area contributed by atoms with E-state index >= 15 is 0 Å². The number of sulfonamides is 1. The van der Waals surface area contributed by atoms with Gasteiger partial charge in [-0.15, -0.1) is 0 Å². The molecule has 0 bridgehead atoms. The second-order valence-corrected chi connectivity index (χ2v) is 7.78. The van der Waals surface area contributed by atoms with Crippen LogP contribution in [0, 0.1) is 6.92 Å². The Bertz CT molecular complexity index is 831. The fraction of sp³-hybridized carbons (Fsp3) is 0.188. The van der Waals surface area contributed by atoms with Crippen LogP contribution >= 0.6 is 11.6 Å². The summed E-state index contributed by atoms with van der Waals surface area (Å²) in [5.74, 6) is -0.402. The molecule has 2 aromatic rings. The minimum Gasteiger partial charge on any atom is -0.322 e. The maximum absolute atomic E-state index is 12.3. The van der Waals surface area contributed by atoms with Crippen molar-refractivity contribution >= 4 is 33.2 Å². The van der Waals surface area contributed by atoms with Crippen LogP contribution < -0.4 is 5.32 Å². The molecule has 122 valence electrons. The highest BCUT2D eigenvalue weighted by Gasteiger charge is 2.22. The van der Waals surface area contributed by atoms with Crippen molar-refractivity contribution in [1.82, 2.24) is 4.31 Å². The first-order valence-corrected chi connectivity index (χ1v) is 8.63. The second-order valence-electron chi connectivity index (χ2n) is 5.25. The maximum Gasteiger partial charge on any atom is 0.255 e. The van der Waals surface area contributed by atoms with Gasteiger partial charge in [-0.1, -0.05) is 29.3 Å². The summed E-state index contributed by atoms with van der Waals surface area (Å²) >= 11 is 5.97. The Kier molecular flexibility index (Phi) is 5.09. The van der Waals surface area contributed by atoms with E-state index in [4.69, 9.17) is 11.6 Å². The Hall–Kier alpha value is -1.89. The normalized spacial score (nSPS) is 11.5. The number of hydrogen-bond donors (Lipinski definition) is 1. The summed E-state index contributed by atoms with van der Waals surface area (Å²) in [6.07, 6.45) is 0. The van der Waals surface area contributed by atoms with E-state index in [2.05, 4.69) is 5.32 Å². The molecule has 0 fully saturated rings. The first-order chi connectivity index (χ1) is 10.7. The zero-order valence-corrected chi connectivity index (χ0v) is 14.6. The van der Waals surface area contributed by atoms with Crippen LogP contribution in [0.5, 0.6) is 0 Å². The predicted molar refractivity (Wildman–Crippen MR) is 91.5 cm³/mol. The monoisotopic (exact) mass is 352 g/mol. The van der Waals surface area contributed by atoms with Gasteiger partial charge in [-0.3, -0.25) is 4.79 Å². The minimum absolute atomic E-state index is 0.0746. The van der Waals surface area contributed by atoms with E-state index in [9.17, 15) is 13.2 Å². The van der Waals surface area contributed by atoms with Gasteiger partial charge in [0, 0.05) is 25.3 Å². The Morgan fingerprint density at radius 3 is 2.26 bits per heavy atom. The van der Waals surface area contributed by atoms with E-state index in [-0.39, 0.29) is 15.5 Å². The Morgan fingerprint density at radius 2 is 1.70 bits per heavy atom. The molecular formula is C16H17ClN2O3S. The number of carbonyl (C=O) groups is 1. The summed E-state index contributed by atoms with van der Waals surface area (Å²) in [5, 5.41) is 2.80. The Morgan fingerprint density at radius 1 is 1.09 bits per heavy atom. The SMILES string of the molecule is Cc1ccc(NC(=O)c2ccc(Cl)c(S(=O)(=O)N(C)C)c2)cc1. The number of nitrogens with one attached hydrogen (secondary N) is 1. The van der Waals surface area contributed by atoms with Crippen LogP contribution in [0.2, 0.25) is 5.02 Å². The van der Waals surface area contributed by atoms with Gasteiger partial charge in [-0.05, 0) is 37.3 Å². The Balaban J connectivity index is 2.33. The Labute approximate surface area is 140 Å². The lowest BCUT2D eigenvalue weighted by Crippen LogP contribution is -2.23. The summed E-state index contributed by atoms with van der Waals surface area (Å²) in [7, 11) is -0.906. The summed E-state index contributed by atoms with van der Waals surface area (Å²) in [6, 6.07) is 11.5. The van der Waals surface area contributed by atoms with Crippen LogP contribution in [0.4, 0.5) is 5.69 Å². The molecule has 0 aliphatic rings. The lowest BCUT2D eigenvalue weighted by atomic mass is 10.2. The van der Waals surface area contributed by atoms with Crippen molar-refractivity contribution in [2.24, 2.45) is 0 Å². The van der Waals surface area contributed by atoms with Crippen LogP contribution in [0.1, 0.15) is 15.9 Å². The number of aryl methyl sites for hydroxylation is 1. The van der Waals surface area contributed by atoms with E-state index in [0.29, 0.717) is 5.69 Å². The van der Waals surface area contributed by atoms with E-state index in [1.807, 2.05) is 19.1 Å². The van der Waals surface area contributed by atoms with Gasteiger partial charge < -0.3 is 5.32 Å². The molecule has 0 aliphatic carbocycles. The summed E-state index contributed by atoms with van der Waals surface area (Å²) in [5.41, 5.74) is 1.93. The number of benzene rings is 2. The molecule has 2 aromatic carbocycles. The fourth-order valence-corrected chi connectivity index (χ4v) is 3.27. The average Bonchev–Trinajstić information content (AvgIpc) is 2.49. The molecule has 0 heterocycles. The number of anilines is 1. The van der Waals surface area contributed by atoms with E-state index in [0.717, 1.165) is 9.87 Å². The number of nitrogens with zero attached hydrogens (tertiary/aromatic N) is 1.